The summed E-state index contributed by atoms with van der Waals surface area (Å²) in [5.74, 6) is -0.574. The summed E-state index contributed by atoms with van der Waals surface area (Å²) in [5, 5.41) is 5.43. The number of rotatable bonds is 7. The zero-order valence-electron chi connectivity index (χ0n) is 11.8. The number of carbonyl (C=O) groups is 2. The van der Waals surface area contributed by atoms with Crippen LogP contribution in [-0.2, 0) is 9.59 Å². The first-order valence-electron chi connectivity index (χ1n) is 6.45. The Morgan fingerprint density at radius 2 is 1.90 bits per heavy atom. The van der Waals surface area contributed by atoms with Gasteiger partial charge in [-0.1, -0.05) is 12.1 Å². The lowest BCUT2D eigenvalue weighted by atomic mass is 10.3. The van der Waals surface area contributed by atoms with Crippen molar-refractivity contribution in [3.8, 4) is 0 Å². The lowest BCUT2D eigenvalue weighted by Crippen LogP contribution is -2.30. The van der Waals surface area contributed by atoms with Crippen molar-refractivity contribution in [2.75, 3.05) is 32.5 Å². The van der Waals surface area contributed by atoms with E-state index in [2.05, 4.69) is 26.6 Å². The summed E-state index contributed by atoms with van der Waals surface area (Å²) in [7, 11) is 3.96. The minimum atomic E-state index is -0.318. The molecule has 1 rings (SSSR count). The minimum absolute atomic E-state index is 0.163. The van der Waals surface area contributed by atoms with E-state index in [-0.39, 0.29) is 18.2 Å². The molecule has 0 aromatic heterocycles. The summed E-state index contributed by atoms with van der Waals surface area (Å²) in [5.41, 5.74) is 0.665. The maximum atomic E-state index is 11.7. The van der Waals surface area contributed by atoms with Crippen molar-refractivity contribution in [2.24, 2.45) is 0 Å². The van der Waals surface area contributed by atoms with Gasteiger partial charge in [-0.15, -0.1) is 0 Å². The Bertz CT molecular complexity index is 463. The molecule has 20 heavy (non-hydrogen) atoms. The molecular formula is C14H20BrN3O2. The molecule has 1 aromatic rings. The number of hydrogen-bond donors (Lipinski definition) is 2. The van der Waals surface area contributed by atoms with Gasteiger partial charge < -0.3 is 15.5 Å². The molecule has 110 valence electrons. The van der Waals surface area contributed by atoms with Crippen LogP contribution in [0.2, 0.25) is 0 Å². The number of nitrogens with one attached hydrogen (secondary N) is 2. The van der Waals surface area contributed by atoms with Crippen LogP contribution >= 0.6 is 15.9 Å². The first-order chi connectivity index (χ1) is 9.49. The topological polar surface area (TPSA) is 61.4 Å². The molecule has 0 unspecified atom stereocenters. The quantitative estimate of drug-likeness (QED) is 0.587. The second-order valence-corrected chi connectivity index (χ2v) is 5.57. The zero-order chi connectivity index (χ0) is 15.0. The van der Waals surface area contributed by atoms with E-state index in [1.54, 1.807) is 6.07 Å². The normalized spacial score (nSPS) is 10.4. The number of para-hydroxylation sites is 1. The second kappa shape index (κ2) is 8.71. The summed E-state index contributed by atoms with van der Waals surface area (Å²) in [6, 6.07) is 7.28. The van der Waals surface area contributed by atoms with Crippen LogP contribution in [0.5, 0.6) is 0 Å². The van der Waals surface area contributed by atoms with Crippen molar-refractivity contribution < 1.29 is 9.59 Å². The van der Waals surface area contributed by atoms with Crippen molar-refractivity contribution in [1.82, 2.24) is 10.2 Å². The highest BCUT2D eigenvalue weighted by Gasteiger charge is 2.10. The van der Waals surface area contributed by atoms with Gasteiger partial charge in [0.15, 0.2) is 0 Å². The summed E-state index contributed by atoms with van der Waals surface area (Å²) >= 11 is 3.34. The monoisotopic (exact) mass is 341 g/mol. The molecule has 0 atom stereocenters. The van der Waals surface area contributed by atoms with E-state index in [1.165, 1.54) is 0 Å². The molecule has 1 aromatic carbocycles. The smallest absolute Gasteiger partial charge is 0.233 e. The van der Waals surface area contributed by atoms with Gasteiger partial charge in [0.05, 0.1) is 5.69 Å². The van der Waals surface area contributed by atoms with Gasteiger partial charge >= 0.3 is 0 Å². The first kappa shape index (κ1) is 16.7. The Morgan fingerprint density at radius 3 is 2.55 bits per heavy atom. The fraction of sp³-hybridized carbons (Fsp3) is 0.429. The van der Waals surface area contributed by atoms with E-state index in [0.29, 0.717) is 12.2 Å². The van der Waals surface area contributed by atoms with Crippen molar-refractivity contribution in [3.63, 3.8) is 0 Å². The van der Waals surface area contributed by atoms with Gasteiger partial charge in [0.2, 0.25) is 11.8 Å². The van der Waals surface area contributed by atoms with Crippen molar-refractivity contribution in [2.45, 2.75) is 12.8 Å². The number of nitrogens with zero attached hydrogens (tertiary/aromatic N) is 1. The van der Waals surface area contributed by atoms with Crippen LogP contribution in [0.1, 0.15) is 12.8 Å². The van der Waals surface area contributed by atoms with E-state index in [4.69, 9.17) is 0 Å². The van der Waals surface area contributed by atoms with Crippen LogP contribution in [0.3, 0.4) is 0 Å². The van der Waals surface area contributed by atoms with Crippen LogP contribution < -0.4 is 10.6 Å². The van der Waals surface area contributed by atoms with Crippen molar-refractivity contribution >= 4 is 33.4 Å². The molecule has 0 aliphatic heterocycles. The Kier molecular flexibility index (Phi) is 7.25. The highest BCUT2D eigenvalue weighted by Crippen LogP contribution is 2.21. The SMILES string of the molecule is CN(C)CCCNC(=O)CC(=O)Nc1ccccc1Br. The third-order valence-electron chi connectivity index (χ3n) is 2.57. The molecule has 0 saturated carbocycles. The second-order valence-electron chi connectivity index (χ2n) is 4.71. The number of amides is 2. The number of hydrogen-bond acceptors (Lipinski definition) is 3. The average molecular weight is 342 g/mol. The third kappa shape index (κ3) is 6.68. The lowest BCUT2D eigenvalue weighted by molar-refractivity contribution is -0.126. The molecule has 2 N–H and O–H groups in total. The highest BCUT2D eigenvalue weighted by atomic mass is 79.9. The summed E-state index contributed by atoms with van der Waals surface area (Å²) < 4.78 is 0.791. The summed E-state index contributed by atoms with van der Waals surface area (Å²) in [4.78, 5) is 25.3. The summed E-state index contributed by atoms with van der Waals surface area (Å²) in [6.07, 6.45) is 0.702. The predicted molar refractivity (Wildman–Crippen MR) is 83.6 cm³/mol. The fourth-order valence-electron chi connectivity index (χ4n) is 1.59. The van der Waals surface area contributed by atoms with Gasteiger partial charge in [-0.05, 0) is 55.1 Å². The molecule has 0 heterocycles. The molecule has 0 bridgehead atoms. The summed E-state index contributed by atoms with van der Waals surface area (Å²) in [6.45, 7) is 1.49. The van der Waals surface area contributed by atoms with E-state index >= 15 is 0 Å². The largest absolute Gasteiger partial charge is 0.356 e. The van der Waals surface area contributed by atoms with Crippen molar-refractivity contribution in [1.29, 1.82) is 0 Å². The maximum Gasteiger partial charge on any atom is 0.233 e. The van der Waals surface area contributed by atoms with Crippen molar-refractivity contribution in [3.05, 3.63) is 28.7 Å². The molecule has 0 spiro atoms. The Labute approximate surface area is 127 Å². The average Bonchev–Trinajstić information content (AvgIpc) is 2.37. The number of benzene rings is 1. The Balaban J connectivity index is 2.28. The maximum absolute atomic E-state index is 11.7. The molecule has 0 aliphatic rings. The van der Waals surface area contributed by atoms with Crippen LogP contribution in [0.25, 0.3) is 0 Å². The van der Waals surface area contributed by atoms with Gasteiger partial charge in [0.25, 0.3) is 0 Å². The number of carbonyl (C=O) groups excluding carboxylic acids is 2. The predicted octanol–water partition coefficient (Wildman–Crippen LogP) is 1.85. The van der Waals surface area contributed by atoms with E-state index < -0.39 is 0 Å². The minimum Gasteiger partial charge on any atom is -0.356 e. The molecule has 0 fully saturated rings. The van der Waals surface area contributed by atoms with E-state index in [0.717, 1.165) is 17.4 Å². The molecule has 0 saturated heterocycles. The lowest BCUT2D eigenvalue weighted by Gasteiger charge is -2.10. The number of anilines is 1. The molecule has 0 aliphatic carbocycles. The van der Waals surface area contributed by atoms with E-state index in [9.17, 15) is 9.59 Å². The van der Waals surface area contributed by atoms with Gasteiger partial charge in [-0.25, -0.2) is 0 Å². The third-order valence-corrected chi connectivity index (χ3v) is 3.26. The zero-order valence-corrected chi connectivity index (χ0v) is 13.4. The van der Waals surface area contributed by atoms with Crippen LogP contribution in [0.15, 0.2) is 28.7 Å². The molecule has 0 radical (unpaired) electrons. The van der Waals surface area contributed by atoms with Crippen LogP contribution in [0.4, 0.5) is 5.69 Å². The molecule has 2 amide bonds. The molecular weight excluding hydrogens is 322 g/mol. The highest BCUT2D eigenvalue weighted by molar-refractivity contribution is 9.10. The Hall–Kier alpha value is -1.40. The van der Waals surface area contributed by atoms with E-state index in [1.807, 2.05) is 37.2 Å². The van der Waals surface area contributed by atoms with Crippen LogP contribution in [0, 0.1) is 0 Å². The first-order valence-corrected chi connectivity index (χ1v) is 7.24. The number of halogens is 1. The van der Waals surface area contributed by atoms with Gasteiger partial charge in [0, 0.05) is 11.0 Å². The fourth-order valence-corrected chi connectivity index (χ4v) is 1.97. The van der Waals surface area contributed by atoms with Gasteiger partial charge in [-0.3, -0.25) is 9.59 Å². The van der Waals surface area contributed by atoms with Crippen LogP contribution in [-0.4, -0.2) is 43.9 Å². The van der Waals surface area contributed by atoms with Gasteiger partial charge in [0.1, 0.15) is 6.42 Å². The Morgan fingerprint density at radius 1 is 1.20 bits per heavy atom. The molecule has 6 heteroatoms. The van der Waals surface area contributed by atoms with Gasteiger partial charge in [-0.2, -0.15) is 0 Å². The molecule has 5 nitrogen and oxygen atoms in total. The standard InChI is InChI=1S/C14H20BrN3O2/c1-18(2)9-5-8-16-13(19)10-14(20)17-12-7-4-3-6-11(12)15/h3-4,6-7H,5,8-10H2,1-2H3,(H,16,19)(H,17,20).